The number of nitro groups is 1. The molecule has 0 saturated carbocycles. The molecule has 0 radical (unpaired) electrons. The molecule has 0 unspecified atom stereocenters. The van der Waals surface area contributed by atoms with Crippen LogP contribution in [-0.2, 0) is 9.53 Å². The summed E-state index contributed by atoms with van der Waals surface area (Å²) in [5, 5.41) is 11.0. The van der Waals surface area contributed by atoms with Crippen LogP contribution in [0.4, 0.5) is 15.8 Å². The average molecular weight is 349 g/mol. The predicted octanol–water partition coefficient (Wildman–Crippen LogP) is 2.88. The van der Waals surface area contributed by atoms with Gasteiger partial charge in [-0.2, -0.15) is 0 Å². The molecular weight excluding hydrogens is 335 g/mol. The highest BCUT2D eigenvalue weighted by Crippen LogP contribution is 2.34. The van der Waals surface area contributed by atoms with Crippen LogP contribution >= 0.6 is 15.9 Å². The van der Waals surface area contributed by atoms with E-state index < -0.39 is 22.4 Å². The van der Waals surface area contributed by atoms with Gasteiger partial charge in [-0.15, -0.1) is 0 Å². The number of esters is 1. The molecule has 0 spiro atoms. The Morgan fingerprint density at radius 1 is 1.55 bits per heavy atom. The minimum Gasteiger partial charge on any atom is -0.468 e. The lowest BCUT2D eigenvalue weighted by Crippen LogP contribution is -2.36. The Balaban J connectivity index is 3.35. The molecule has 0 heterocycles. The van der Waals surface area contributed by atoms with E-state index in [4.69, 9.17) is 0 Å². The lowest BCUT2D eigenvalue weighted by molar-refractivity contribution is -0.384. The molecule has 8 heteroatoms. The minimum atomic E-state index is -0.734. The molecule has 0 atom stereocenters. The number of anilines is 1. The van der Waals surface area contributed by atoms with Gasteiger partial charge < -0.3 is 9.64 Å². The molecule has 0 bridgehead atoms. The molecule has 1 aromatic carbocycles. The van der Waals surface area contributed by atoms with Crippen molar-refractivity contribution in [3.8, 4) is 0 Å². The first-order valence-electron chi connectivity index (χ1n) is 5.74. The van der Waals surface area contributed by atoms with E-state index in [1.165, 1.54) is 18.1 Å². The number of carbonyl (C=O) groups excluding carboxylic acids is 1. The number of hydrogen-bond acceptors (Lipinski definition) is 5. The van der Waals surface area contributed by atoms with Crippen molar-refractivity contribution in [3.05, 3.63) is 32.5 Å². The zero-order chi connectivity index (χ0) is 15.4. The molecule has 0 saturated heterocycles. The first-order valence-corrected chi connectivity index (χ1v) is 6.54. The van der Waals surface area contributed by atoms with Crippen LogP contribution in [0.1, 0.15) is 13.8 Å². The molecule has 0 aliphatic heterocycles. The van der Waals surface area contributed by atoms with Crippen molar-refractivity contribution in [3.63, 3.8) is 0 Å². The Hall–Kier alpha value is -1.70. The Labute approximate surface area is 123 Å². The van der Waals surface area contributed by atoms with Crippen LogP contribution in [0.25, 0.3) is 0 Å². The summed E-state index contributed by atoms with van der Waals surface area (Å²) in [4.78, 5) is 23.3. The van der Waals surface area contributed by atoms with E-state index in [1.807, 2.05) is 0 Å². The topological polar surface area (TPSA) is 72.7 Å². The van der Waals surface area contributed by atoms with Crippen LogP contribution in [0.3, 0.4) is 0 Å². The van der Waals surface area contributed by atoms with Gasteiger partial charge in [0.25, 0.3) is 5.69 Å². The van der Waals surface area contributed by atoms with Crippen LogP contribution < -0.4 is 4.90 Å². The standard InChI is InChI=1S/C12H14BrFN2O4/c1-7(2)15(6-12(17)20-3)10-4-8(13)9(14)5-11(10)16(18)19/h4-5,7H,6H2,1-3H3. The summed E-state index contributed by atoms with van der Waals surface area (Å²) in [6, 6.07) is 1.91. The van der Waals surface area contributed by atoms with Gasteiger partial charge in [0.05, 0.1) is 22.6 Å². The van der Waals surface area contributed by atoms with Crippen LogP contribution in [-0.4, -0.2) is 30.6 Å². The zero-order valence-corrected chi connectivity index (χ0v) is 12.8. The number of ether oxygens (including phenoxy) is 1. The van der Waals surface area contributed by atoms with Crippen LogP contribution in [0.2, 0.25) is 0 Å². The van der Waals surface area contributed by atoms with Crippen molar-refractivity contribution < 1.29 is 18.8 Å². The predicted molar refractivity (Wildman–Crippen MR) is 75.3 cm³/mol. The summed E-state index contributed by atoms with van der Waals surface area (Å²) in [5.41, 5.74) is -0.244. The molecule has 1 rings (SSSR count). The van der Waals surface area contributed by atoms with Crippen LogP contribution in [0.15, 0.2) is 16.6 Å². The number of carbonyl (C=O) groups is 1. The quantitative estimate of drug-likeness (QED) is 0.464. The second kappa shape index (κ2) is 6.65. The second-order valence-corrected chi connectivity index (χ2v) is 5.16. The van der Waals surface area contributed by atoms with Crippen molar-refractivity contribution in [2.24, 2.45) is 0 Å². The highest BCUT2D eigenvalue weighted by Gasteiger charge is 2.25. The van der Waals surface area contributed by atoms with E-state index in [1.54, 1.807) is 13.8 Å². The van der Waals surface area contributed by atoms with Crippen LogP contribution in [0.5, 0.6) is 0 Å². The van der Waals surface area contributed by atoms with Gasteiger partial charge >= 0.3 is 5.97 Å². The maximum absolute atomic E-state index is 13.5. The van der Waals surface area contributed by atoms with Crippen molar-refractivity contribution in [2.45, 2.75) is 19.9 Å². The monoisotopic (exact) mass is 348 g/mol. The number of hydrogen-bond donors (Lipinski definition) is 0. The van der Waals surface area contributed by atoms with E-state index in [9.17, 15) is 19.3 Å². The molecule has 0 aliphatic carbocycles. The van der Waals surface area contributed by atoms with Gasteiger partial charge in [0.15, 0.2) is 0 Å². The number of nitrogens with zero attached hydrogens (tertiary/aromatic N) is 2. The smallest absolute Gasteiger partial charge is 0.325 e. The number of methoxy groups -OCH3 is 1. The van der Waals surface area contributed by atoms with Gasteiger partial charge in [0.2, 0.25) is 0 Å². The van der Waals surface area contributed by atoms with Gasteiger partial charge in [0.1, 0.15) is 18.0 Å². The average Bonchev–Trinajstić information content (AvgIpc) is 2.37. The number of nitro benzene ring substituents is 1. The third kappa shape index (κ3) is 3.66. The molecular formula is C12H14BrFN2O4. The fraction of sp³-hybridized carbons (Fsp3) is 0.417. The first kappa shape index (κ1) is 16.4. The summed E-state index contributed by atoms with van der Waals surface area (Å²) >= 11 is 2.99. The molecule has 1 aromatic rings. The molecule has 0 N–H and O–H groups in total. The van der Waals surface area contributed by atoms with E-state index >= 15 is 0 Å². The third-order valence-electron chi connectivity index (χ3n) is 2.67. The molecule has 20 heavy (non-hydrogen) atoms. The molecule has 110 valence electrons. The van der Waals surface area contributed by atoms with Crippen molar-refractivity contribution in [1.82, 2.24) is 0 Å². The van der Waals surface area contributed by atoms with E-state index in [2.05, 4.69) is 20.7 Å². The van der Waals surface area contributed by atoms with Crippen LogP contribution in [0, 0.1) is 15.9 Å². The molecule has 6 nitrogen and oxygen atoms in total. The summed E-state index contributed by atoms with van der Waals surface area (Å²) in [6.45, 7) is 3.38. The Morgan fingerprint density at radius 2 is 2.15 bits per heavy atom. The second-order valence-electron chi connectivity index (χ2n) is 4.31. The maximum atomic E-state index is 13.5. The van der Waals surface area contributed by atoms with E-state index in [0.717, 1.165) is 6.07 Å². The largest absolute Gasteiger partial charge is 0.468 e. The summed E-state index contributed by atoms with van der Waals surface area (Å²) in [7, 11) is 1.23. The molecule has 0 aliphatic rings. The zero-order valence-electron chi connectivity index (χ0n) is 11.2. The SMILES string of the molecule is COC(=O)CN(c1cc(Br)c(F)cc1[N+](=O)[O-])C(C)C. The summed E-state index contributed by atoms with van der Waals surface area (Å²) in [5.74, 6) is -1.27. The van der Waals surface area contributed by atoms with Gasteiger partial charge in [-0.25, -0.2) is 4.39 Å². The van der Waals surface area contributed by atoms with Gasteiger partial charge in [-0.1, -0.05) is 0 Å². The fourth-order valence-corrected chi connectivity index (χ4v) is 1.98. The van der Waals surface area contributed by atoms with Crippen molar-refractivity contribution in [2.75, 3.05) is 18.6 Å². The normalized spacial score (nSPS) is 10.5. The summed E-state index contributed by atoms with van der Waals surface area (Å²) < 4.78 is 18.1. The van der Waals surface area contributed by atoms with E-state index in [0.29, 0.717) is 0 Å². The maximum Gasteiger partial charge on any atom is 0.325 e. The molecule has 0 fully saturated rings. The molecule has 0 aromatic heterocycles. The third-order valence-corrected chi connectivity index (χ3v) is 3.28. The highest BCUT2D eigenvalue weighted by atomic mass is 79.9. The lowest BCUT2D eigenvalue weighted by Gasteiger charge is -2.27. The summed E-state index contributed by atoms with van der Waals surface area (Å²) in [6.07, 6.45) is 0. The molecule has 0 amide bonds. The highest BCUT2D eigenvalue weighted by molar-refractivity contribution is 9.10. The lowest BCUT2D eigenvalue weighted by atomic mass is 10.2. The van der Waals surface area contributed by atoms with Crippen molar-refractivity contribution >= 4 is 33.3 Å². The van der Waals surface area contributed by atoms with Gasteiger partial charge in [0, 0.05) is 6.04 Å². The fourth-order valence-electron chi connectivity index (χ4n) is 1.65. The number of halogens is 2. The van der Waals surface area contributed by atoms with E-state index in [-0.39, 0.29) is 22.7 Å². The number of benzene rings is 1. The number of rotatable bonds is 5. The Kier molecular flexibility index (Phi) is 5.43. The minimum absolute atomic E-state index is 0.0913. The Bertz CT molecular complexity index is 536. The van der Waals surface area contributed by atoms with Gasteiger partial charge in [-0.3, -0.25) is 14.9 Å². The van der Waals surface area contributed by atoms with Gasteiger partial charge in [-0.05, 0) is 35.8 Å². The van der Waals surface area contributed by atoms with Crippen molar-refractivity contribution in [1.29, 1.82) is 0 Å². The Morgan fingerprint density at radius 3 is 2.60 bits per heavy atom. The first-order chi connectivity index (χ1) is 9.27.